The molecule has 0 fully saturated rings. The summed E-state index contributed by atoms with van der Waals surface area (Å²) in [6.45, 7) is 8.09. The summed E-state index contributed by atoms with van der Waals surface area (Å²) in [6.07, 6.45) is 0. The quantitative estimate of drug-likeness (QED) is 0.312. The van der Waals surface area contributed by atoms with Gasteiger partial charge < -0.3 is 5.32 Å². The average Bonchev–Trinajstić information content (AvgIpc) is 3.04. The highest BCUT2D eigenvalue weighted by Crippen LogP contribution is 2.25. The van der Waals surface area contributed by atoms with Crippen LogP contribution < -0.4 is 16.4 Å². The molecule has 35 heavy (non-hydrogen) atoms. The van der Waals surface area contributed by atoms with E-state index in [4.69, 9.17) is 0 Å². The second-order valence-electron chi connectivity index (χ2n) is 8.91. The summed E-state index contributed by atoms with van der Waals surface area (Å²) in [7, 11) is 1.78. The summed E-state index contributed by atoms with van der Waals surface area (Å²) in [6, 6.07) is 16.5. The first-order chi connectivity index (χ1) is 16.7. The molecule has 0 saturated heterocycles. The molecule has 0 saturated carbocycles. The zero-order valence-electron chi connectivity index (χ0n) is 20.5. The zero-order valence-corrected chi connectivity index (χ0v) is 21.3. The smallest absolute Gasteiger partial charge is 0.295 e. The fourth-order valence-corrected chi connectivity index (χ4v) is 4.83. The van der Waals surface area contributed by atoms with Gasteiger partial charge in [-0.25, -0.2) is 9.67 Å². The number of aromatic nitrogens is 4. The number of hydrogen-bond acceptors (Lipinski definition) is 5. The number of carbonyl (C=O) groups excluding carboxylic acids is 1. The second kappa shape index (κ2) is 9.95. The maximum Gasteiger partial charge on any atom is 0.295 e. The van der Waals surface area contributed by atoms with Crippen LogP contribution in [0.4, 0.5) is 5.69 Å². The lowest BCUT2D eigenvalue weighted by Crippen LogP contribution is -2.29. The van der Waals surface area contributed by atoms with Crippen molar-refractivity contribution in [1.29, 1.82) is 0 Å². The van der Waals surface area contributed by atoms with Crippen molar-refractivity contribution in [2.75, 3.05) is 5.32 Å². The number of carbonyl (C=O) groups is 1. The van der Waals surface area contributed by atoms with Crippen molar-refractivity contribution in [1.82, 2.24) is 18.9 Å². The van der Waals surface area contributed by atoms with Gasteiger partial charge in [-0.05, 0) is 44.0 Å². The molecule has 8 nitrogen and oxygen atoms in total. The minimum atomic E-state index is -0.592. The van der Waals surface area contributed by atoms with Crippen molar-refractivity contribution in [2.45, 2.75) is 44.6 Å². The molecule has 4 aromatic rings. The lowest BCUT2D eigenvalue weighted by Gasteiger charge is -2.17. The Morgan fingerprint density at radius 3 is 2.34 bits per heavy atom. The van der Waals surface area contributed by atoms with Crippen molar-refractivity contribution < 1.29 is 4.79 Å². The van der Waals surface area contributed by atoms with Crippen molar-refractivity contribution in [3.05, 3.63) is 81.0 Å². The van der Waals surface area contributed by atoms with Gasteiger partial charge in [-0.3, -0.25) is 23.6 Å². The van der Waals surface area contributed by atoms with E-state index >= 15 is 0 Å². The van der Waals surface area contributed by atoms with Gasteiger partial charge in [0.2, 0.25) is 5.91 Å². The molecule has 1 amide bonds. The maximum absolute atomic E-state index is 13.2. The zero-order chi connectivity index (χ0) is 25.3. The Bertz CT molecular complexity index is 1500. The molecule has 2 aromatic carbocycles. The average molecular weight is 492 g/mol. The summed E-state index contributed by atoms with van der Waals surface area (Å²) in [4.78, 5) is 44.2. The van der Waals surface area contributed by atoms with E-state index in [0.717, 1.165) is 0 Å². The molecule has 0 radical (unpaired) electrons. The number of hydrogen-bond donors (Lipinski definition) is 1. The van der Waals surface area contributed by atoms with E-state index in [1.165, 1.54) is 16.4 Å². The molecule has 0 unspecified atom stereocenters. The van der Waals surface area contributed by atoms with Crippen LogP contribution in [0, 0.1) is 12.8 Å². The summed E-state index contributed by atoms with van der Waals surface area (Å²) in [5.74, 6) is -0.109. The Morgan fingerprint density at radius 2 is 1.66 bits per heavy atom. The van der Waals surface area contributed by atoms with Crippen LogP contribution in [-0.2, 0) is 18.4 Å². The highest BCUT2D eigenvalue weighted by Gasteiger charge is 2.23. The number of thioether (sulfide) groups is 1. The Hall–Kier alpha value is -3.59. The molecular formula is C26H29N5O3S. The fraction of sp³-hybridized carbons (Fsp3) is 0.308. The van der Waals surface area contributed by atoms with Gasteiger partial charge in [0.15, 0.2) is 5.16 Å². The number of fused-ring (bicyclic) bond motifs is 1. The minimum absolute atomic E-state index is 0.121. The number of benzene rings is 2. The highest BCUT2D eigenvalue weighted by atomic mass is 32.2. The molecule has 4 rings (SSSR count). The molecule has 9 heteroatoms. The Morgan fingerprint density at radius 1 is 1.00 bits per heavy atom. The van der Waals surface area contributed by atoms with Crippen LogP contribution in [-0.4, -0.2) is 30.1 Å². The second-order valence-corrected chi connectivity index (χ2v) is 10.2. The van der Waals surface area contributed by atoms with E-state index in [1.54, 1.807) is 42.3 Å². The normalized spacial score (nSPS) is 12.3. The first-order valence-electron chi connectivity index (χ1n) is 11.5. The van der Waals surface area contributed by atoms with Gasteiger partial charge in [-0.15, -0.1) is 0 Å². The molecular weight excluding hydrogens is 462 g/mol. The number of para-hydroxylation sites is 2. The van der Waals surface area contributed by atoms with Crippen molar-refractivity contribution in [3.63, 3.8) is 0 Å². The van der Waals surface area contributed by atoms with E-state index in [0.29, 0.717) is 34.0 Å². The summed E-state index contributed by atoms with van der Waals surface area (Å²) >= 11 is 1.21. The van der Waals surface area contributed by atoms with E-state index < -0.39 is 5.25 Å². The van der Waals surface area contributed by atoms with Gasteiger partial charge in [0.1, 0.15) is 5.69 Å². The van der Waals surface area contributed by atoms with Crippen LogP contribution in [0.15, 0.2) is 69.3 Å². The minimum Gasteiger partial charge on any atom is -0.319 e. The topological polar surface area (TPSA) is 90.9 Å². The summed E-state index contributed by atoms with van der Waals surface area (Å²) < 4.78 is 4.88. The third kappa shape index (κ3) is 4.81. The molecule has 182 valence electrons. The van der Waals surface area contributed by atoms with Crippen LogP contribution in [0.5, 0.6) is 0 Å². The van der Waals surface area contributed by atoms with Gasteiger partial charge in [-0.2, -0.15) is 0 Å². The molecule has 0 spiro atoms. The molecule has 0 bridgehead atoms. The number of anilines is 1. The molecule has 0 aliphatic rings. The van der Waals surface area contributed by atoms with Crippen LogP contribution >= 0.6 is 11.8 Å². The first-order valence-corrected chi connectivity index (χ1v) is 12.4. The van der Waals surface area contributed by atoms with Crippen LogP contribution in [0.3, 0.4) is 0 Å². The lowest BCUT2D eigenvalue weighted by atomic mass is 10.2. The maximum atomic E-state index is 13.2. The van der Waals surface area contributed by atoms with E-state index in [-0.39, 0.29) is 28.6 Å². The largest absolute Gasteiger partial charge is 0.319 e. The monoisotopic (exact) mass is 491 g/mol. The SMILES string of the molecule is Cc1c(NC(=O)[C@H](C)Sc2nc3ccccc3c(=O)n2CC(C)C)c(=O)n(-c2ccccc2)n1C. The predicted molar refractivity (Wildman–Crippen MR) is 141 cm³/mol. The molecule has 1 atom stereocenters. The standard InChI is InChI=1S/C26H29N5O3S/c1-16(2)15-30-24(33)20-13-9-10-14-21(20)27-26(30)35-18(4)23(32)28-22-17(3)29(5)31(25(22)34)19-11-7-6-8-12-19/h6-14,16,18H,15H2,1-5H3,(H,28,32)/t18-/m0/s1. The van der Waals surface area contributed by atoms with Crippen molar-refractivity contribution in [2.24, 2.45) is 13.0 Å². The fourth-order valence-electron chi connectivity index (χ4n) is 3.91. The van der Waals surface area contributed by atoms with Gasteiger partial charge in [-0.1, -0.05) is 55.9 Å². The Kier molecular flexibility index (Phi) is 6.98. The Balaban J connectivity index is 1.64. The number of nitrogens with zero attached hydrogens (tertiary/aromatic N) is 4. The summed E-state index contributed by atoms with van der Waals surface area (Å²) in [5.41, 5.74) is 1.76. The van der Waals surface area contributed by atoms with Crippen LogP contribution in [0.25, 0.3) is 16.6 Å². The van der Waals surface area contributed by atoms with Crippen molar-refractivity contribution in [3.8, 4) is 5.69 Å². The third-order valence-corrected chi connectivity index (χ3v) is 6.92. The van der Waals surface area contributed by atoms with E-state index in [1.807, 2.05) is 56.3 Å². The van der Waals surface area contributed by atoms with Crippen LogP contribution in [0.2, 0.25) is 0 Å². The molecule has 1 N–H and O–H groups in total. The number of nitrogens with one attached hydrogen (secondary N) is 1. The van der Waals surface area contributed by atoms with Gasteiger partial charge in [0.05, 0.1) is 27.5 Å². The molecule has 2 heterocycles. The molecule has 2 aromatic heterocycles. The van der Waals surface area contributed by atoms with E-state index in [2.05, 4.69) is 10.3 Å². The Labute approximate surface area is 207 Å². The lowest BCUT2D eigenvalue weighted by molar-refractivity contribution is -0.115. The highest BCUT2D eigenvalue weighted by molar-refractivity contribution is 8.00. The van der Waals surface area contributed by atoms with Crippen LogP contribution in [0.1, 0.15) is 26.5 Å². The summed E-state index contributed by atoms with van der Waals surface area (Å²) in [5, 5.41) is 3.26. The van der Waals surface area contributed by atoms with Crippen molar-refractivity contribution >= 4 is 34.3 Å². The first kappa shape index (κ1) is 24.5. The number of rotatable bonds is 7. The predicted octanol–water partition coefficient (Wildman–Crippen LogP) is 3.97. The third-order valence-electron chi connectivity index (χ3n) is 5.83. The number of amides is 1. The van der Waals surface area contributed by atoms with E-state index in [9.17, 15) is 14.4 Å². The molecule has 0 aliphatic heterocycles. The molecule has 0 aliphatic carbocycles. The van der Waals surface area contributed by atoms with Gasteiger partial charge >= 0.3 is 0 Å². The van der Waals surface area contributed by atoms with Gasteiger partial charge in [0, 0.05) is 13.6 Å². The van der Waals surface area contributed by atoms with Gasteiger partial charge in [0.25, 0.3) is 11.1 Å².